The summed E-state index contributed by atoms with van der Waals surface area (Å²) in [4.78, 5) is 0. The molecule has 0 fully saturated rings. The van der Waals surface area contributed by atoms with Crippen LogP contribution in [0.25, 0.3) is 0 Å². The Labute approximate surface area is 90.8 Å². The molecule has 9 heteroatoms. The number of hydrogen-bond acceptors (Lipinski definition) is 0. The van der Waals surface area contributed by atoms with Crippen molar-refractivity contribution in [3.63, 3.8) is 0 Å². The highest BCUT2D eigenvalue weighted by atomic mass is 19.4. The van der Waals surface area contributed by atoms with Crippen molar-refractivity contribution in [3.8, 4) is 0 Å². The van der Waals surface area contributed by atoms with Gasteiger partial charge in [0.25, 0.3) is 0 Å². The molecule has 104 valence electrons. The molecule has 0 aromatic heterocycles. The van der Waals surface area contributed by atoms with Gasteiger partial charge in [-0.1, -0.05) is 13.8 Å². The highest BCUT2D eigenvalue weighted by Crippen LogP contribution is 2.48. The van der Waals surface area contributed by atoms with Gasteiger partial charge in [0, 0.05) is 0 Å². The van der Waals surface area contributed by atoms with Gasteiger partial charge in [0.05, 0.1) is 5.92 Å². The van der Waals surface area contributed by atoms with Crippen LogP contribution in [0.1, 0.15) is 13.8 Å². The molecule has 0 nitrogen and oxygen atoms in total. The molecule has 0 N–H and O–H groups in total. The molecular weight excluding hydrogens is 267 g/mol. The summed E-state index contributed by atoms with van der Waals surface area (Å²) >= 11 is 0. The quantitative estimate of drug-likeness (QED) is 0.648. The molecule has 0 rings (SSSR count). The molecule has 0 aromatic carbocycles. The lowest BCUT2D eigenvalue weighted by Gasteiger charge is -2.32. The molecule has 0 radical (unpaired) electrons. The van der Waals surface area contributed by atoms with Crippen molar-refractivity contribution in [1.82, 2.24) is 0 Å². The Hall–Kier alpha value is -0.630. The Bertz CT molecular complexity index is 231. The van der Waals surface area contributed by atoms with Crippen molar-refractivity contribution < 1.29 is 39.5 Å². The average molecular weight is 276 g/mol. The molecule has 0 bridgehead atoms. The average Bonchev–Trinajstić information content (AvgIpc) is 1.94. The summed E-state index contributed by atoms with van der Waals surface area (Å²) in [6.45, 7) is 0.596. The van der Waals surface area contributed by atoms with E-state index in [1.54, 1.807) is 0 Å². The number of hydrogen-bond donors (Lipinski definition) is 0. The van der Waals surface area contributed by atoms with Crippen LogP contribution < -0.4 is 0 Å². The third-order valence-electron chi connectivity index (χ3n) is 2.54. The predicted octanol–water partition coefficient (Wildman–Crippen LogP) is 4.56. The summed E-state index contributed by atoms with van der Waals surface area (Å²) in [5.74, 6) is -9.31. The third kappa shape index (κ3) is 4.27. The molecule has 2 atom stereocenters. The van der Waals surface area contributed by atoms with Crippen molar-refractivity contribution in [2.24, 2.45) is 17.8 Å². The number of halogens is 9. The summed E-state index contributed by atoms with van der Waals surface area (Å²) < 4.78 is 109. The fraction of sp³-hybridized carbons (Fsp3) is 1.00. The first-order valence-electron chi connectivity index (χ1n) is 4.39. The number of alkyl halides is 9. The summed E-state index contributed by atoms with van der Waals surface area (Å²) in [7, 11) is 0. The second-order valence-electron chi connectivity index (χ2n) is 3.75. The standard InChI is InChI=1S/C8H9F9/c1-3(4(2)6(9,10)11)5(7(12,13)14)8(15,16)17/h3-5H,1-2H3. The minimum absolute atomic E-state index is 0.295. The minimum Gasteiger partial charge on any atom is -0.171 e. The van der Waals surface area contributed by atoms with E-state index < -0.39 is 36.3 Å². The topological polar surface area (TPSA) is 0 Å². The van der Waals surface area contributed by atoms with Crippen molar-refractivity contribution in [2.45, 2.75) is 32.4 Å². The lowest BCUT2D eigenvalue weighted by atomic mass is 9.82. The normalized spacial score (nSPS) is 18.4. The first kappa shape index (κ1) is 16.4. The monoisotopic (exact) mass is 276 g/mol. The molecule has 0 aliphatic carbocycles. The van der Waals surface area contributed by atoms with E-state index in [2.05, 4.69) is 0 Å². The molecule has 0 aromatic rings. The van der Waals surface area contributed by atoms with Crippen molar-refractivity contribution in [3.05, 3.63) is 0 Å². The van der Waals surface area contributed by atoms with Gasteiger partial charge in [-0.3, -0.25) is 0 Å². The van der Waals surface area contributed by atoms with Crippen LogP contribution in [-0.2, 0) is 0 Å². The van der Waals surface area contributed by atoms with Crippen LogP contribution in [0.3, 0.4) is 0 Å². The third-order valence-corrected chi connectivity index (χ3v) is 2.54. The minimum atomic E-state index is -5.75. The van der Waals surface area contributed by atoms with E-state index in [4.69, 9.17) is 0 Å². The number of rotatable bonds is 2. The smallest absolute Gasteiger partial charge is 0.171 e. The summed E-state index contributed by atoms with van der Waals surface area (Å²) in [6.07, 6.45) is -16.6. The van der Waals surface area contributed by atoms with Gasteiger partial charge in [-0.25, -0.2) is 0 Å². The zero-order valence-corrected chi connectivity index (χ0v) is 8.63. The fourth-order valence-corrected chi connectivity index (χ4v) is 1.37. The highest BCUT2D eigenvalue weighted by Gasteiger charge is 2.62. The molecule has 0 saturated carbocycles. The van der Waals surface area contributed by atoms with Gasteiger partial charge in [0.1, 0.15) is 0 Å². The highest BCUT2D eigenvalue weighted by molar-refractivity contribution is 4.85. The Kier molecular flexibility index (Phi) is 4.40. The summed E-state index contributed by atoms with van der Waals surface area (Å²) in [5, 5.41) is 0. The van der Waals surface area contributed by atoms with Crippen molar-refractivity contribution in [1.29, 1.82) is 0 Å². The maximum absolute atomic E-state index is 12.1. The molecule has 0 spiro atoms. The molecule has 0 aliphatic heterocycles. The van der Waals surface area contributed by atoms with Gasteiger partial charge in [0.2, 0.25) is 0 Å². The van der Waals surface area contributed by atoms with Gasteiger partial charge in [-0.2, -0.15) is 39.5 Å². The molecule has 0 aliphatic rings. The Balaban J connectivity index is 5.24. The lowest BCUT2D eigenvalue weighted by molar-refractivity contribution is -0.311. The predicted molar refractivity (Wildman–Crippen MR) is 40.0 cm³/mol. The van der Waals surface area contributed by atoms with E-state index in [9.17, 15) is 39.5 Å². The first-order valence-corrected chi connectivity index (χ1v) is 4.39. The van der Waals surface area contributed by atoms with Crippen LogP contribution >= 0.6 is 0 Å². The van der Waals surface area contributed by atoms with E-state index in [1.807, 2.05) is 0 Å². The van der Waals surface area contributed by atoms with E-state index >= 15 is 0 Å². The van der Waals surface area contributed by atoms with Crippen molar-refractivity contribution >= 4 is 0 Å². The zero-order valence-electron chi connectivity index (χ0n) is 8.63. The van der Waals surface area contributed by atoms with Crippen molar-refractivity contribution in [2.75, 3.05) is 0 Å². The maximum Gasteiger partial charge on any atom is 0.400 e. The Morgan fingerprint density at radius 3 is 1.06 bits per heavy atom. The Morgan fingerprint density at radius 2 is 0.882 bits per heavy atom. The summed E-state index contributed by atoms with van der Waals surface area (Å²) in [6, 6.07) is 0. The SMILES string of the molecule is CC(C(C)C(F)(F)F)C(C(F)(F)F)C(F)(F)F. The lowest BCUT2D eigenvalue weighted by Crippen LogP contribution is -2.45. The molecule has 2 unspecified atom stereocenters. The molecule has 17 heavy (non-hydrogen) atoms. The van der Waals surface area contributed by atoms with Crippen LogP contribution in [0.2, 0.25) is 0 Å². The summed E-state index contributed by atoms with van der Waals surface area (Å²) in [5.41, 5.74) is 0. The van der Waals surface area contributed by atoms with E-state index in [0.717, 1.165) is 0 Å². The van der Waals surface area contributed by atoms with Gasteiger partial charge in [-0.05, 0) is 5.92 Å². The van der Waals surface area contributed by atoms with Crippen LogP contribution in [0, 0.1) is 17.8 Å². The Morgan fingerprint density at radius 1 is 0.588 bits per heavy atom. The second-order valence-corrected chi connectivity index (χ2v) is 3.75. The van der Waals surface area contributed by atoms with E-state index in [1.165, 1.54) is 0 Å². The first-order chi connectivity index (χ1) is 7.19. The van der Waals surface area contributed by atoms with Crippen LogP contribution in [0.5, 0.6) is 0 Å². The van der Waals surface area contributed by atoms with E-state index in [-0.39, 0.29) is 0 Å². The molecular formula is C8H9F9. The van der Waals surface area contributed by atoms with Gasteiger partial charge < -0.3 is 0 Å². The molecule has 0 amide bonds. The van der Waals surface area contributed by atoms with Crippen LogP contribution in [-0.4, -0.2) is 18.5 Å². The molecule has 0 heterocycles. The molecule has 0 saturated heterocycles. The fourth-order valence-electron chi connectivity index (χ4n) is 1.37. The van der Waals surface area contributed by atoms with Crippen LogP contribution in [0.4, 0.5) is 39.5 Å². The largest absolute Gasteiger partial charge is 0.400 e. The van der Waals surface area contributed by atoms with Gasteiger partial charge in [0.15, 0.2) is 5.92 Å². The maximum atomic E-state index is 12.1. The van der Waals surface area contributed by atoms with Crippen LogP contribution in [0.15, 0.2) is 0 Å². The van der Waals surface area contributed by atoms with Gasteiger partial charge >= 0.3 is 18.5 Å². The second kappa shape index (κ2) is 4.56. The zero-order chi connectivity index (χ0) is 14.2. The van der Waals surface area contributed by atoms with E-state index in [0.29, 0.717) is 13.8 Å². The van der Waals surface area contributed by atoms with Gasteiger partial charge in [-0.15, -0.1) is 0 Å².